The summed E-state index contributed by atoms with van der Waals surface area (Å²) in [6.45, 7) is 2.71. The molecule has 0 saturated heterocycles. The number of carbonyl (C=O) groups excluding carboxylic acids is 6. The molecule has 0 aromatic heterocycles. The number of allylic oxidation sites excluding steroid dienone is 1. The van der Waals surface area contributed by atoms with Gasteiger partial charge in [-0.2, -0.15) is 0 Å². The molecule has 150 valence electrons. The Morgan fingerprint density at radius 2 is 1.39 bits per heavy atom. The molecule has 0 aromatic rings. The Morgan fingerprint density at radius 3 is 1.75 bits per heavy atom. The largest absolute Gasteiger partial charge is 0.508 e. The number of ether oxygens (including phenoxy) is 2. The van der Waals surface area contributed by atoms with Crippen molar-refractivity contribution in [2.75, 3.05) is 13.2 Å². The number of carbonyl (C=O) groups is 6. The SMILES string of the molecule is CCOC(=O)C(=O)CC(=O)C1(C(=O)CC(=O)C(=O)OCC)C=CC(O)=[C][C]1N. The molecule has 0 heterocycles. The Balaban J connectivity index is 3.16. The van der Waals surface area contributed by atoms with Gasteiger partial charge in [0.2, 0.25) is 11.6 Å². The Bertz CT molecular complexity index is 719. The standard InChI is InChI=1S/C18H19NO9/c1-3-27-16(25)11(21)8-14(23)18(6-5-10(20)7-13(18)19)15(24)9-12(22)17(26)28-4-2/h5-6,20H,3-4,8-9,19H2,1-2H3. The second-order valence-corrected chi connectivity index (χ2v) is 5.55. The van der Waals surface area contributed by atoms with Gasteiger partial charge in [0.1, 0.15) is 11.2 Å². The van der Waals surface area contributed by atoms with E-state index in [2.05, 4.69) is 15.5 Å². The minimum atomic E-state index is -2.35. The third-order valence-corrected chi connectivity index (χ3v) is 3.71. The zero-order valence-electron chi connectivity index (χ0n) is 15.3. The van der Waals surface area contributed by atoms with Gasteiger partial charge in [0.25, 0.3) is 0 Å². The molecule has 1 aliphatic rings. The van der Waals surface area contributed by atoms with E-state index in [1.165, 1.54) is 13.8 Å². The van der Waals surface area contributed by atoms with Crippen LogP contribution in [0.4, 0.5) is 0 Å². The minimum Gasteiger partial charge on any atom is -0.508 e. The van der Waals surface area contributed by atoms with Gasteiger partial charge in [0.05, 0.1) is 32.1 Å². The summed E-state index contributed by atoms with van der Waals surface area (Å²) in [5, 5.41) is 9.47. The molecule has 0 amide bonds. The van der Waals surface area contributed by atoms with Crippen molar-refractivity contribution in [3.8, 4) is 0 Å². The van der Waals surface area contributed by atoms with Crippen molar-refractivity contribution in [3.63, 3.8) is 0 Å². The van der Waals surface area contributed by atoms with Crippen LogP contribution < -0.4 is 5.73 Å². The number of aliphatic hydroxyl groups is 1. The summed E-state index contributed by atoms with van der Waals surface area (Å²) < 4.78 is 8.99. The molecule has 0 saturated carbocycles. The zero-order valence-corrected chi connectivity index (χ0v) is 15.3. The van der Waals surface area contributed by atoms with Gasteiger partial charge < -0.3 is 20.3 Å². The van der Waals surface area contributed by atoms with E-state index in [1.807, 2.05) is 0 Å². The van der Waals surface area contributed by atoms with Gasteiger partial charge in [-0.25, -0.2) is 9.59 Å². The summed E-state index contributed by atoms with van der Waals surface area (Å²) >= 11 is 0. The lowest BCUT2D eigenvalue weighted by atomic mass is 9.68. The normalized spacial score (nSPS) is 15.3. The van der Waals surface area contributed by atoms with E-state index in [9.17, 15) is 33.9 Å². The van der Waals surface area contributed by atoms with E-state index >= 15 is 0 Å². The average Bonchev–Trinajstić information content (AvgIpc) is 2.61. The number of rotatable bonds is 10. The second kappa shape index (κ2) is 9.70. The Hall–Kier alpha value is -3.14. The molecule has 0 aliphatic heterocycles. The van der Waals surface area contributed by atoms with Crippen LogP contribution in [0.25, 0.3) is 0 Å². The van der Waals surface area contributed by atoms with Crippen LogP contribution in [-0.2, 0) is 38.2 Å². The molecule has 10 nitrogen and oxygen atoms in total. The summed E-state index contributed by atoms with van der Waals surface area (Å²) in [6, 6.07) is -0.587. The van der Waals surface area contributed by atoms with E-state index < -0.39 is 65.1 Å². The number of Topliss-reactive ketones (excluding diaryl/α,β-unsaturated/α-hetero) is 4. The molecule has 1 aliphatic carbocycles. The van der Waals surface area contributed by atoms with Crippen LogP contribution in [0.1, 0.15) is 26.7 Å². The number of hydrogen-bond acceptors (Lipinski definition) is 10. The van der Waals surface area contributed by atoms with E-state index in [0.29, 0.717) is 0 Å². The van der Waals surface area contributed by atoms with E-state index in [-0.39, 0.29) is 13.2 Å². The highest BCUT2D eigenvalue weighted by Gasteiger charge is 2.51. The van der Waals surface area contributed by atoms with Gasteiger partial charge in [0, 0.05) is 6.08 Å². The number of aliphatic hydroxyl groups excluding tert-OH is 1. The lowest BCUT2D eigenvalue weighted by molar-refractivity contribution is -0.156. The fourth-order valence-electron chi connectivity index (χ4n) is 2.35. The van der Waals surface area contributed by atoms with Crippen LogP contribution in [0.2, 0.25) is 0 Å². The minimum absolute atomic E-state index is 0.102. The van der Waals surface area contributed by atoms with E-state index in [4.69, 9.17) is 5.73 Å². The van der Waals surface area contributed by atoms with Gasteiger partial charge in [-0.3, -0.25) is 19.2 Å². The van der Waals surface area contributed by atoms with Crippen molar-refractivity contribution in [3.05, 3.63) is 30.0 Å². The predicted octanol–water partition coefficient (Wildman–Crippen LogP) is -0.539. The van der Waals surface area contributed by atoms with Gasteiger partial charge in [-0.1, -0.05) is 6.08 Å². The first-order valence-corrected chi connectivity index (χ1v) is 8.21. The summed E-state index contributed by atoms with van der Waals surface area (Å²) in [4.78, 5) is 72.0. The molecule has 2 radical (unpaired) electrons. The molecule has 10 heteroatoms. The van der Waals surface area contributed by atoms with Crippen molar-refractivity contribution in [2.24, 2.45) is 11.1 Å². The fraction of sp³-hybridized carbons (Fsp3) is 0.389. The van der Waals surface area contributed by atoms with Crippen LogP contribution in [0.5, 0.6) is 0 Å². The third kappa shape index (κ3) is 4.97. The highest BCUT2D eigenvalue weighted by molar-refractivity contribution is 6.41. The first kappa shape index (κ1) is 22.9. The summed E-state index contributed by atoms with van der Waals surface area (Å²) in [5.74, 6) is -7.78. The predicted molar refractivity (Wildman–Crippen MR) is 90.9 cm³/mol. The quantitative estimate of drug-likeness (QED) is 0.279. The highest BCUT2D eigenvalue weighted by atomic mass is 16.5. The molecule has 0 fully saturated rings. The Labute approximate surface area is 160 Å². The van der Waals surface area contributed by atoms with Crippen LogP contribution in [0.3, 0.4) is 0 Å². The van der Waals surface area contributed by atoms with Gasteiger partial charge >= 0.3 is 11.9 Å². The van der Waals surface area contributed by atoms with E-state index in [0.717, 1.165) is 12.2 Å². The summed E-state index contributed by atoms with van der Waals surface area (Å²) in [5.41, 5.74) is 3.35. The summed E-state index contributed by atoms with van der Waals surface area (Å²) in [6.07, 6.45) is 1.88. The maximum Gasteiger partial charge on any atom is 0.375 e. The Morgan fingerprint density at radius 1 is 0.964 bits per heavy atom. The smallest absolute Gasteiger partial charge is 0.375 e. The maximum absolute atomic E-state index is 12.7. The second-order valence-electron chi connectivity index (χ2n) is 5.55. The van der Waals surface area contributed by atoms with Gasteiger partial charge in [-0.05, 0) is 19.9 Å². The van der Waals surface area contributed by atoms with Crippen molar-refractivity contribution < 1.29 is 43.3 Å². The average molecular weight is 393 g/mol. The van der Waals surface area contributed by atoms with Crippen LogP contribution in [0, 0.1) is 17.5 Å². The molecule has 0 aromatic carbocycles. The molecular formula is C18H19NO9. The molecule has 28 heavy (non-hydrogen) atoms. The van der Waals surface area contributed by atoms with Crippen molar-refractivity contribution in [2.45, 2.75) is 26.7 Å². The third-order valence-electron chi connectivity index (χ3n) is 3.71. The lowest BCUT2D eigenvalue weighted by Gasteiger charge is -2.32. The number of hydrogen-bond donors (Lipinski definition) is 2. The highest BCUT2D eigenvalue weighted by Crippen LogP contribution is 2.37. The monoisotopic (exact) mass is 393 g/mol. The summed E-state index contributed by atoms with van der Waals surface area (Å²) in [7, 11) is 0. The molecule has 0 unspecified atom stereocenters. The zero-order chi connectivity index (χ0) is 21.5. The van der Waals surface area contributed by atoms with Crippen molar-refractivity contribution in [1.82, 2.24) is 0 Å². The molecular weight excluding hydrogens is 374 g/mol. The van der Waals surface area contributed by atoms with Crippen LogP contribution in [-0.4, -0.2) is 53.4 Å². The molecule has 0 atom stereocenters. The number of esters is 2. The fourth-order valence-corrected chi connectivity index (χ4v) is 2.35. The topological polar surface area (TPSA) is 167 Å². The Kier molecular flexibility index (Phi) is 7.93. The van der Waals surface area contributed by atoms with E-state index in [1.54, 1.807) is 0 Å². The van der Waals surface area contributed by atoms with Gasteiger partial charge in [0.15, 0.2) is 11.6 Å². The molecule has 1 rings (SSSR count). The maximum atomic E-state index is 12.7. The number of ketones is 4. The molecule has 0 spiro atoms. The van der Waals surface area contributed by atoms with Crippen molar-refractivity contribution >= 4 is 35.1 Å². The molecule has 0 bridgehead atoms. The van der Waals surface area contributed by atoms with Gasteiger partial charge in [-0.15, -0.1) is 0 Å². The van der Waals surface area contributed by atoms with Crippen LogP contribution >= 0.6 is 0 Å². The van der Waals surface area contributed by atoms with Crippen molar-refractivity contribution in [1.29, 1.82) is 0 Å². The first-order chi connectivity index (χ1) is 13.1. The lowest BCUT2D eigenvalue weighted by Crippen LogP contribution is -2.49. The van der Waals surface area contributed by atoms with Crippen LogP contribution in [0.15, 0.2) is 17.9 Å². The first-order valence-electron chi connectivity index (χ1n) is 8.21. The molecule has 3 N–H and O–H groups in total. The number of nitrogens with two attached hydrogens (primary N) is 1.